The molecule has 2 aromatic rings. The maximum atomic E-state index is 13.8. The van der Waals surface area contributed by atoms with Crippen molar-refractivity contribution in [2.75, 3.05) is 31.1 Å². The van der Waals surface area contributed by atoms with E-state index in [4.69, 9.17) is 9.57 Å². The number of benzene rings is 1. The maximum Gasteiger partial charge on any atom is 0.408 e. The number of alkyl halides is 1. The van der Waals surface area contributed by atoms with Crippen LogP contribution >= 0.6 is 0 Å². The van der Waals surface area contributed by atoms with E-state index in [1.165, 1.54) is 10.5 Å². The van der Waals surface area contributed by atoms with Gasteiger partial charge in [-0.25, -0.2) is 19.2 Å². The fourth-order valence-corrected chi connectivity index (χ4v) is 6.18. The summed E-state index contributed by atoms with van der Waals surface area (Å²) in [5.74, 6) is 0.928. The minimum Gasteiger partial charge on any atom is -0.444 e. The molecule has 2 aliphatic heterocycles. The first kappa shape index (κ1) is 32.6. The van der Waals surface area contributed by atoms with Gasteiger partial charge in [0.1, 0.15) is 23.9 Å². The molecule has 2 amide bonds. The molecule has 1 N–H and O–H groups in total. The van der Waals surface area contributed by atoms with Crippen LogP contribution < -0.4 is 10.2 Å². The van der Waals surface area contributed by atoms with Gasteiger partial charge in [0.25, 0.3) is 0 Å². The molecule has 45 heavy (non-hydrogen) atoms. The van der Waals surface area contributed by atoms with Gasteiger partial charge in [-0.2, -0.15) is 0 Å². The number of anilines is 1. The lowest BCUT2D eigenvalue weighted by molar-refractivity contribution is -0.132. The van der Waals surface area contributed by atoms with Crippen molar-refractivity contribution in [1.29, 1.82) is 0 Å². The topological polar surface area (TPSA) is 109 Å². The molecule has 1 aromatic heterocycles. The van der Waals surface area contributed by atoms with Gasteiger partial charge in [-0.05, 0) is 82.4 Å². The Hall–Kier alpha value is -3.76. The third-order valence-corrected chi connectivity index (χ3v) is 8.71. The molecule has 1 aromatic carbocycles. The van der Waals surface area contributed by atoms with Crippen LogP contribution in [0, 0.1) is 6.92 Å². The van der Waals surface area contributed by atoms with Crippen molar-refractivity contribution in [3.05, 3.63) is 53.3 Å². The van der Waals surface area contributed by atoms with E-state index in [0.717, 1.165) is 74.4 Å². The minimum absolute atomic E-state index is 0.0605. The number of piperidine rings is 1. The second kappa shape index (κ2) is 14.6. The molecule has 0 unspecified atom stereocenters. The van der Waals surface area contributed by atoms with Crippen LogP contribution in [0.1, 0.15) is 88.3 Å². The summed E-state index contributed by atoms with van der Waals surface area (Å²) < 4.78 is 19.2. The van der Waals surface area contributed by atoms with Gasteiger partial charge < -0.3 is 24.7 Å². The van der Waals surface area contributed by atoms with Gasteiger partial charge in [-0.15, -0.1) is 0 Å². The molecule has 11 heteroatoms. The molecule has 1 saturated carbocycles. The number of carbonyl (C=O) groups is 2. The second-order valence-electron chi connectivity index (χ2n) is 13.6. The standard InChI is InChI=1S/C34H47FN6O4/c1-23-20-36-32(37-21-23)40-17-14-29(15-18-40)45-39-28-11-9-26(10-12-28)25-7-5-24(6-8-25)19-30(38-33(43)44-34(2,3)4)31(42)41-16-13-27(35)22-41/h5-8,20-21,26-27,29-30H,9-19,22H2,1-4H3,(H,38,43)/t26?,27-,30-/m0/s1. The normalized spacial score (nSPS) is 21.8. The number of nitrogens with zero attached hydrogens (tertiary/aromatic N) is 5. The van der Waals surface area contributed by atoms with Crippen LogP contribution in [0.3, 0.4) is 0 Å². The van der Waals surface area contributed by atoms with Crippen molar-refractivity contribution in [3.8, 4) is 0 Å². The quantitative estimate of drug-likeness (QED) is 0.388. The molecule has 5 rings (SSSR count). The van der Waals surface area contributed by atoms with E-state index in [9.17, 15) is 14.0 Å². The molecule has 1 aliphatic carbocycles. The van der Waals surface area contributed by atoms with E-state index < -0.39 is 23.9 Å². The van der Waals surface area contributed by atoms with Crippen molar-refractivity contribution < 1.29 is 23.6 Å². The predicted molar refractivity (Wildman–Crippen MR) is 171 cm³/mol. The van der Waals surface area contributed by atoms with Crippen LogP contribution in [-0.4, -0.2) is 82.7 Å². The number of ether oxygens (including phenoxy) is 1. The summed E-state index contributed by atoms with van der Waals surface area (Å²) in [5, 5.41) is 7.29. The predicted octanol–water partition coefficient (Wildman–Crippen LogP) is 5.49. The van der Waals surface area contributed by atoms with Crippen molar-refractivity contribution in [2.24, 2.45) is 5.16 Å². The summed E-state index contributed by atoms with van der Waals surface area (Å²) in [5.41, 5.74) is 3.67. The number of rotatable bonds is 8. The number of halogens is 1. The SMILES string of the molecule is Cc1cnc(N2CCC(ON=C3CCC(c4ccc(C[C@H](NC(=O)OC(C)(C)C)C(=O)N5CC[C@H](F)C5)cc4)CC3)CC2)nc1. The van der Waals surface area contributed by atoms with Crippen molar-refractivity contribution in [2.45, 2.75) is 109 Å². The van der Waals surface area contributed by atoms with Crippen molar-refractivity contribution in [1.82, 2.24) is 20.2 Å². The summed E-state index contributed by atoms with van der Waals surface area (Å²) in [4.78, 5) is 44.3. The highest BCUT2D eigenvalue weighted by molar-refractivity contribution is 5.86. The number of alkyl carbamates (subject to hydrolysis) is 1. The monoisotopic (exact) mass is 622 g/mol. The number of carbonyl (C=O) groups excluding carboxylic acids is 2. The van der Waals surface area contributed by atoms with Crippen LogP contribution in [0.25, 0.3) is 0 Å². The van der Waals surface area contributed by atoms with Crippen LogP contribution in [0.5, 0.6) is 0 Å². The average molecular weight is 623 g/mol. The van der Waals surface area contributed by atoms with E-state index in [1.807, 2.05) is 31.5 Å². The van der Waals surface area contributed by atoms with Gasteiger partial charge in [0.05, 0.1) is 12.3 Å². The number of amides is 2. The first-order valence-electron chi connectivity index (χ1n) is 16.3. The Bertz CT molecular complexity index is 1310. The highest BCUT2D eigenvalue weighted by Gasteiger charge is 2.33. The Morgan fingerprint density at radius 2 is 1.69 bits per heavy atom. The molecule has 244 valence electrons. The second-order valence-corrected chi connectivity index (χ2v) is 13.6. The van der Waals surface area contributed by atoms with Crippen LogP contribution in [0.4, 0.5) is 15.1 Å². The van der Waals surface area contributed by atoms with E-state index in [1.54, 1.807) is 20.8 Å². The number of nitrogens with one attached hydrogen (secondary N) is 1. The summed E-state index contributed by atoms with van der Waals surface area (Å²) in [7, 11) is 0. The molecule has 10 nitrogen and oxygen atoms in total. The lowest BCUT2D eigenvalue weighted by Gasteiger charge is -2.31. The summed E-state index contributed by atoms with van der Waals surface area (Å²) in [6.07, 6.45) is 8.40. The van der Waals surface area contributed by atoms with E-state index >= 15 is 0 Å². The van der Waals surface area contributed by atoms with E-state index in [2.05, 4.69) is 37.5 Å². The Morgan fingerprint density at radius 3 is 2.29 bits per heavy atom. The molecular weight excluding hydrogens is 575 g/mol. The van der Waals surface area contributed by atoms with Gasteiger partial charge in [0.2, 0.25) is 11.9 Å². The smallest absolute Gasteiger partial charge is 0.408 e. The highest BCUT2D eigenvalue weighted by atomic mass is 19.1. The molecule has 3 aliphatic rings. The number of aryl methyl sites for hydroxylation is 1. The van der Waals surface area contributed by atoms with Crippen LogP contribution in [0.2, 0.25) is 0 Å². The van der Waals surface area contributed by atoms with Crippen molar-refractivity contribution >= 4 is 23.7 Å². The summed E-state index contributed by atoms with van der Waals surface area (Å²) >= 11 is 0. The van der Waals surface area contributed by atoms with Gasteiger partial charge in [0, 0.05) is 51.3 Å². The first-order chi connectivity index (χ1) is 21.5. The summed E-state index contributed by atoms with van der Waals surface area (Å²) in [6.45, 7) is 9.45. The zero-order chi connectivity index (χ0) is 32.0. The van der Waals surface area contributed by atoms with Gasteiger partial charge in [-0.3, -0.25) is 4.79 Å². The molecule has 0 bridgehead atoms. The van der Waals surface area contributed by atoms with Crippen molar-refractivity contribution in [3.63, 3.8) is 0 Å². The lowest BCUT2D eigenvalue weighted by atomic mass is 9.83. The number of oxime groups is 1. The van der Waals surface area contributed by atoms with Crippen LogP contribution in [0.15, 0.2) is 41.8 Å². The number of likely N-dealkylation sites (tertiary alicyclic amines) is 1. The maximum absolute atomic E-state index is 13.8. The third-order valence-electron chi connectivity index (χ3n) is 8.71. The largest absolute Gasteiger partial charge is 0.444 e. The zero-order valence-corrected chi connectivity index (χ0v) is 27.0. The van der Waals surface area contributed by atoms with Gasteiger partial charge >= 0.3 is 6.09 Å². The molecule has 3 heterocycles. The number of aromatic nitrogens is 2. The minimum atomic E-state index is -1.03. The number of hydrogen-bond acceptors (Lipinski definition) is 8. The molecule has 3 fully saturated rings. The fraction of sp³-hybridized carbons (Fsp3) is 0.618. The Balaban J connectivity index is 1.10. The molecular formula is C34H47FN6O4. The molecule has 2 atom stereocenters. The Morgan fingerprint density at radius 1 is 1.02 bits per heavy atom. The van der Waals surface area contributed by atoms with Gasteiger partial charge in [0.15, 0.2) is 0 Å². The first-order valence-corrected chi connectivity index (χ1v) is 16.3. The number of hydrogen-bond donors (Lipinski definition) is 1. The zero-order valence-electron chi connectivity index (χ0n) is 27.0. The van der Waals surface area contributed by atoms with E-state index in [0.29, 0.717) is 25.3 Å². The molecule has 2 saturated heterocycles. The van der Waals surface area contributed by atoms with Gasteiger partial charge in [-0.1, -0.05) is 29.4 Å². The van der Waals surface area contributed by atoms with Crippen LogP contribution in [-0.2, 0) is 20.8 Å². The Labute approximate surface area is 265 Å². The summed E-state index contributed by atoms with van der Waals surface area (Å²) in [6, 6.07) is 7.45. The lowest BCUT2D eigenvalue weighted by Crippen LogP contribution is -2.50. The van der Waals surface area contributed by atoms with E-state index in [-0.39, 0.29) is 18.6 Å². The fourth-order valence-electron chi connectivity index (χ4n) is 6.18. The molecule has 0 spiro atoms. The third kappa shape index (κ3) is 9.37. The highest BCUT2D eigenvalue weighted by Crippen LogP contribution is 2.32. The Kier molecular flexibility index (Phi) is 10.6. The average Bonchev–Trinajstić information content (AvgIpc) is 3.46. The molecule has 0 radical (unpaired) electrons.